The highest BCUT2D eigenvalue weighted by Crippen LogP contribution is 2.16. The summed E-state index contributed by atoms with van der Waals surface area (Å²) in [5.74, 6) is 0.0323. The number of hydrogen-bond donors (Lipinski definition) is 2. The monoisotopic (exact) mass is 250 g/mol. The second-order valence-corrected chi connectivity index (χ2v) is 5.78. The van der Waals surface area contributed by atoms with E-state index in [0.717, 1.165) is 11.4 Å². The Morgan fingerprint density at radius 3 is 2.67 bits per heavy atom. The number of aromatic nitrogens is 2. The fourth-order valence-corrected chi connectivity index (χ4v) is 2.82. The summed E-state index contributed by atoms with van der Waals surface area (Å²) in [4.78, 5) is 0. The normalized spacial score (nSPS) is 11.6. The average molecular weight is 250 g/mol. The van der Waals surface area contributed by atoms with E-state index in [1.807, 2.05) is 6.92 Å². The Hall–Kier alpha value is -0.730. The van der Waals surface area contributed by atoms with Gasteiger partial charge >= 0.3 is 0 Å². The maximum Gasteiger partial charge on any atom is 0.235 e. The maximum atomic E-state index is 11.4. The fraction of sp³-hybridized carbons (Fsp3) is 0.714. The van der Waals surface area contributed by atoms with Gasteiger partial charge in [0, 0.05) is 6.54 Å². The molecule has 0 saturated heterocycles. The van der Waals surface area contributed by atoms with Crippen molar-refractivity contribution in [2.45, 2.75) is 13.3 Å². The van der Waals surface area contributed by atoms with Gasteiger partial charge in [0.05, 0.1) is 5.75 Å². The van der Waals surface area contributed by atoms with Crippen LogP contribution in [0.3, 0.4) is 0 Å². The van der Waals surface area contributed by atoms with Crippen molar-refractivity contribution in [3.8, 4) is 0 Å². The highest BCUT2D eigenvalue weighted by Gasteiger charge is 2.12. The van der Waals surface area contributed by atoms with Crippen molar-refractivity contribution < 1.29 is 8.42 Å². The molecule has 0 amide bonds. The van der Waals surface area contributed by atoms with Crippen molar-refractivity contribution in [1.29, 1.82) is 0 Å². The van der Waals surface area contributed by atoms with E-state index in [4.69, 9.17) is 0 Å². The minimum absolute atomic E-state index is 0.0323. The molecule has 0 radical (unpaired) electrons. The second kappa shape index (κ2) is 5.38. The molecular formula is C7H14N4O2S2. The summed E-state index contributed by atoms with van der Waals surface area (Å²) in [6.45, 7) is 2.36. The number of sulfonamides is 1. The number of hydrogen-bond acceptors (Lipinski definition) is 6. The summed E-state index contributed by atoms with van der Waals surface area (Å²) in [6, 6.07) is 0. The lowest BCUT2D eigenvalue weighted by molar-refractivity contribution is 0.598. The van der Waals surface area contributed by atoms with Gasteiger partial charge in [0.1, 0.15) is 5.01 Å². The van der Waals surface area contributed by atoms with E-state index >= 15 is 0 Å². The number of anilines is 1. The first-order valence-corrected chi connectivity index (χ1v) is 7.01. The molecule has 1 rings (SSSR count). The lowest BCUT2D eigenvalue weighted by Gasteiger charge is -2.02. The average Bonchev–Trinajstić information content (AvgIpc) is 2.62. The van der Waals surface area contributed by atoms with Gasteiger partial charge in [-0.1, -0.05) is 18.3 Å². The van der Waals surface area contributed by atoms with Crippen LogP contribution < -0.4 is 10.0 Å². The third-order valence-corrected chi connectivity index (χ3v) is 3.99. The molecule has 15 heavy (non-hydrogen) atoms. The molecule has 86 valence electrons. The predicted octanol–water partition coefficient (Wildman–Crippen LogP) is 0.0616. The molecule has 1 heterocycles. The van der Waals surface area contributed by atoms with Gasteiger partial charge in [-0.3, -0.25) is 4.72 Å². The van der Waals surface area contributed by atoms with Gasteiger partial charge < -0.3 is 5.32 Å². The van der Waals surface area contributed by atoms with E-state index in [-0.39, 0.29) is 5.75 Å². The predicted molar refractivity (Wildman–Crippen MR) is 60.6 cm³/mol. The molecule has 0 saturated carbocycles. The smallest absolute Gasteiger partial charge is 0.235 e. The molecule has 0 aliphatic heterocycles. The van der Waals surface area contributed by atoms with Crippen LogP contribution in [-0.2, 0) is 16.4 Å². The Morgan fingerprint density at radius 1 is 1.40 bits per heavy atom. The van der Waals surface area contributed by atoms with E-state index in [1.54, 1.807) is 7.05 Å². The van der Waals surface area contributed by atoms with Crippen LogP contribution in [0.4, 0.5) is 5.13 Å². The molecular weight excluding hydrogens is 236 g/mol. The van der Waals surface area contributed by atoms with E-state index in [0.29, 0.717) is 11.7 Å². The molecule has 6 nitrogen and oxygen atoms in total. The van der Waals surface area contributed by atoms with Crippen molar-refractivity contribution >= 4 is 26.5 Å². The van der Waals surface area contributed by atoms with Gasteiger partial charge in [0.2, 0.25) is 15.2 Å². The summed E-state index contributed by atoms with van der Waals surface area (Å²) in [7, 11) is -1.59. The van der Waals surface area contributed by atoms with Crippen molar-refractivity contribution in [1.82, 2.24) is 15.5 Å². The van der Waals surface area contributed by atoms with Crippen LogP contribution in [0.2, 0.25) is 0 Å². The van der Waals surface area contributed by atoms with Crippen LogP contribution in [0.15, 0.2) is 0 Å². The number of nitrogens with one attached hydrogen (secondary N) is 2. The van der Waals surface area contributed by atoms with E-state index in [1.165, 1.54) is 11.3 Å². The van der Waals surface area contributed by atoms with Crippen molar-refractivity contribution in [3.63, 3.8) is 0 Å². The molecule has 1 aromatic heterocycles. The van der Waals surface area contributed by atoms with Crippen molar-refractivity contribution in [3.05, 3.63) is 5.01 Å². The molecule has 0 atom stereocenters. The summed E-state index contributed by atoms with van der Waals surface area (Å²) in [5, 5.41) is 11.5. The standard InChI is InChI=1S/C7H14N4O2S2/c1-3-6-9-10-7(14-6)11-15(12,13)5-4-8-2/h8H,3-5H2,1-2H3,(H,10,11). The first-order chi connectivity index (χ1) is 7.07. The second-order valence-electron chi connectivity index (χ2n) is 2.88. The Kier molecular flexibility index (Phi) is 4.43. The SMILES string of the molecule is CCc1nnc(NS(=O)(=O)CCNC)s1. The third kappa shape index (κ3) is 4.10. The van der Waals surface area contributed by atoms with Crippen LogP contribution in [0.1, 0.15) is 11.9 Å². The topological polar surface area (TPSA) is 84.0 Å². The van der Waals surface area contributed by atoms with E-state index in [2.05, 4.69) is 20.2 Å². The van der Waals surface area contributed by atoms with Crippen molar-refractivity contribution in [2.24, 2.45) is 0 Å². The first-order valence-electron chi connectivity index (χ1n) is 4.55. The van der Waals surface area contributed by atoms with E-state index in [9.17, 15) is 8.42 Å². The molecule has 0 aliphatic rings. The van der Waals surface area contributed by atoms with Gasteiger partial charge in [-0.2, -0.15) is 0 Å². The molecule has 0 aliphatic carbocycles. The van der Waals surface area contributed by atoms with Crippen LogP contribution in [0.5, 0.6) is 0 Å². The molecule has 0 unspecified atom stereocenters. The van der Waals surface area contributed by atoms with Crippen LogP contribution in [-0.4, -0.2) is 38.0 Å². The first kappa shape index (κ1) is 12.3. The zero-order chi connectivity index (χ0) is 11.3. The Morgan fingerprint density at radius 2 is 2.13 bits per heavy atom. The zero-order valence-corrected chi connectivity index (χ0v) is 10.3. The van der Waals surface area contributed by atoms with Crippen molar-refractivity contribution in [2.75, 3.05) is 24.1 Å². The molecule has 0 aromatic carbocycles. The fourth-order valence-electron chi connectivity index (χ4n) is 0.858. The molecule has 0 spiro atoms. The lowest BCUT2D eigenvalue weighted by Crippen LogP contribution is -2.24. The molecule has 2 N–H and O–H groups in total. The molecule has 8 heteroatoms. The Bertz CT molecular complexity index is 401. The van der Waals surface area contributed by atoms with Gasteiger partial charge in [-0.15, -0.1) is 10.2 Å². The molecule has 1 aromatic rings. The summed E-state index contributed by atoms with van der Waals surface area (Å²) in [5.41, 5.74) is 0. The van der Waals surface area contributed by atoms with Gasteiger partial charge in [0.15, 0.2) is 0 Å². The summed E-state index contributed by atoms with van der Waals surface area (Å²) >= 11 is 1.26. The molecule has 0 fully saturated rings. The number of rotatable bonds is 6. The lowest BCUT2D eigenvalue weighted by atomic mass is 10.5. The van der Waals surface area contributed by atoms with Crippen LogP contribution in [0, 0.1) is 0 Å². The molecule has 0 bridgehead atoms. The largest absolute Gasteiger partial charge is 0.319 e. The zero-order valence-electron chi connectivity index (χ0n) is 8.65. The van der Waals surface area contributed by atoms with Gasteiger partial charge in [0.25, 0.3) is 0 Å². The van der Waals surface area contributed by atoms with Gasteiger partial charge in [-0.05, 0) is 13.5 Å². The highest BCUT2D eigenvalue weighted by atomic mass is 32.2. The Balaban J connectivity index is 2.60. The minimum Gasteiger partial charge on any atom is -0.319 e. The minimum atomic E-state index is -3.30. The third-order valence-electron chi connectivity index (χ3n) is 1.63. The summed E-state index contributed by atoms with van der Waals surface area (Å²) < 4.78 is 25.3. The van der Waals surface area contributed by atoms with Gasteiger partial charge in [-0.25, -0.2) is 8.42 Å². The number of nitrogens with zero attached hydrogens (tertiary/aromatic N) is 2. The number of aryl methyl sites for hydroxylation is 1. The highest BCUT2D eigenvalue weighted by molar-refractivity contribution is 7.92. The maximum absolute atomic E-state index is 11.4. The summed E-state index contributed by atoms with van der Waals surface area (Å²) in [6.07, 6.45) is 0.760. The van der Waals surface area contributed by atoms with E-state index < -0.39 is 10.0 Å². The quantitative estimate of drug-likeness (QED) is 0.746. The van der Waals surface area contributed by atoms with Crippen LogP contribution >= 0.6 is 11.3 Å². The Labute approximate surface area is 93.2 Å². The van der Waals surface area contributed by atoms with Crippen LogP contribution in [0.25, 0.3) is 0 Å².